The Bertz CT molecular complexity index is 1300. The number of nitrogens with zero attached hydrogens (tertiary/aromatic N) is 5. The van der Waals surface area contributed by atoms with Crippen LogP contribution in [-0.2, 0) is 11.3 Å². The number of carbonyl (C=O) groups excluding carboxylic acids is 1. The molecule has 4 aromatic rings. The summed E-state index contributed by atoms with van der Waals surface area (Å²) in [6, 6.07) is 9.32. The minimum Gasteiger partial charge on any atom is -0.298 e. The lowest BCUT2D eigenvalue weighted by atomic mass is 9.89. The summed E-state index contributed by atoms with van der Waals surface area (Å²) in [6.07, 6.45) is 3.62. The summed E-state index contributed by atoms with van der Waals surface area (Å²) in [6.45, 7) is 3.52. The lowest BCUT2D eigenvalue weighted by Gasteiger charge is -2.32. The van der Waals surface area contributed by atoms with Gasteiger partial charge in [-0.1, -0.05) is 12.1 Å². The second kappa shape index (κ2) is 5.89. The van der Waals surface area contributed by atoms with Crippen LogP contribution in [0, 0.1) is 5.82 Å². The number of hydrogen-bond donors (Lipinski definition) is 0. The van der Waals surface area contributed by atoms with Crippen molar-refractivity contribution in [2.24, 2.45) is 0 Å². The van der Waals surface area contributed by atoms with Crippen molar-refractivity contribution in [2.45, 2.75) is 32.2 Å². The van der Waals surface area contributed by atoms with E-state index < -0.39 is 0 Å². The molecule has 5 heterocycles. The Labute approximate surface area is 166 Å². The number of piperidine rings is 1. The van der Waals surface area contributed by atoms with E-state index in [4.69, 9.17) is 5.10 Å². The molecule has 7 rings (SSSR count). The van der Waals surface area contributed by atoms with Gasteiger partial charge < -0.3 is 0 Å². The SMILES string of the molecule is CC(=O)Cn1nc2c3c(cccc31)-c1cc3c(cnn3N3CCC2CC3)cc1F. The van der Waals surface area contributed by atoms with Gasteiger partial charge in [-0.2, -0.15) is 15.0 Å². The molecule has 6 nitrogen and oxygen atoms in total. The number of halogens is 1. The molecule has 29 heavy (non-hydrogen) atoms. The molecule has 1 saturated heterocycles. The number of rotatable bonds is 2. The first-order chi connectivity index (χ1) is 14.1. The number of aromatic nitrogens is 4. The second-order valence-electron chi connectivity index (χ2n) is 8.10. The van der Waals surface area contributed by atoms with Gasteiger partial charge in [-0.3, -0.25) is 14.5 Å². The standard InChI is InChI=1S/C22H20FN5O/c1-13(29)12-27-19-4-2-3-16-17-10-20-15(9-18(17)23)11-24-28(20)26-7-5-14(6-8-26)22(25-27)21(16)19/h2-4,9-11,14H,5-8,12H2,1H3. The molecule has 3 aliphatic rings. The Hall–Kier alpha value is -3.22. The molecule has 2 aromatic carbocycles. The van der Waals surface area contributed by atoms with Crippen molar-refractivity contribution in [3.05, 3.63) is 48.0 Å². The van der Waals surface area contributed by atoms with Gasteiger partial charge in [-0.15, -0.1) is 0 Å². The van der Waals surface area contributed by atoms with E-state index in [2.05, 4.69) is 10.1 Å². The minimum atomic E-state index is -0.267. The van der Waals surface area contributed by atoms with Crippen LogP contribution < -0.4 is 5.01 Å². The van der Waals surface area contributed by atoms with Gasteiger partial charge in [-0.25, -0.2) is 4.39 Å². The van der Waals surface area contributed by atoms with Crippen LogP contribution in [0.4, 0.5) is 4.39 Å². The van der Waals surface area contributed by atoms with Gasteiger partial charge in [0.1, 0.15) is 5.82 Å². The summed E-state index contributed by atoms with van der Waals surface area (Å²) < 4.78 is 17.0. The quantitative estimate of drug-likeness (QED) is 0.526. The molecule has 0 aliphatic carbocycles. The predicted molar refractivity (Wildman–Crippen MR) is 109 cm³/mol. The fraction of sp³-hybridized carbons (Fsp3) is 0.318. The normalized spacial score (nSPS) is 16.1. The Kier molecular flexibility index (Phi) is 3.39. The van der Waals surface area contributed by atoms with Crippen LogP contribution in [0.25, 0.3) is 32.9 Å². The molecular weight excluding hydrogens is 369 g/mol. The molecule has 4 bridgehead atoms. The maximum atomic E-state index is 15.2. The highest BCUT2D eigenvalue weighted by Crippen LogP contribution is 2.40. The van der Waals surface area contributed by atoms with E-state index in [1.807, 2.05) is 29.1 Å². The van der Waals surface area contributed by atoms with Crippen LogP contribution in [0.15, 0.2) is 36.5 Å². The Morgan fingerprint density at radius 3 is 2.79 bits per heavy atom. The highest BCUT2D eigenvalue weighted by atomic mass is 19.1. The summed E-state index contributed by atoms with van der Waals surface area (Å²) in [5.41, 5.74) is 4.17. The Morgan fingerprint density at radius 1 is 1.17 bits per heavy atom. The number of ketones is 1. The van der Waals surface area contributed by atoms with Crippen molar-refractivity contribution in [1.29, 1.82) is 0 Å². The molecule has 2 aromatic heterocycles. The van der Waals surface area contributed by atoms with Gasteiger partial charge in [0.05, 0.1) is 29.5 Å². The molecule has 0 unspecified atom stereocenters. The summed E-state index contributed by atoms with van der Waals surface area (Å²) in [4.78, 5) is 13.8. The van der Waals surface area contributed by atoms with E-state index in [9.17, 15) is 4.79 Å². The zero-order valence-electron chi connectivity index (χ0n) is 16.1. The Morgan fingerprint density at radius 2 is 2.00 bits per heavy atom. The van der Waals surface area contributed by atoms with E-state index in [1.54, 1.807) is 23.9 Å². The van der Waals surface area contributed by atoms with Crippen LogP contribution in [0.5, 0.6) is 0 Å². The first kappa shape index (κ1) is 16.7. The molecule has 0 spiro atoms. The van der Waals surface area contributed by atoms with Crippen LogP contribution in [0.3, 0.4) is 0 Å². The molecule has 146 valence electrons. The molecule has 0 N–H and O–H groups in total. The molecule has 7 heteroatoms. The highest BCUT2D eigenvalue weighted by Gasteiger charge is 2.29. The van der Waals surface area contributed by atoms with Crippen LogP contribution in [0.2, 0.25) is 0 Å². The molecule has 0 atom stereocenters. The summed E-state index contributed by atoms with van der Waals surface area (Å²) in [5, 5.41) is 13.4. The maximum Gasteiger partial charge on any atom is 0.151 e. The molecule has 0 saturated carbocycles. The van der Waals surface area contributed by atoms with Gasteiger partial charge in [0.25, 0.3) is 0 Å². The molecule has 0 radical (unpaired) electrons. The van der Waals surface area contributed by atoms with Crippen molar-refractivity contribution in [2.75, 3.05) is 18.1 Å². The number of Topliss-reactive ketones (excluding diaryl/α,β-unsaturated/α-hetero) is 1. The largest absolute Gasteiger partial charge is 0.298 e. The summed E-state index contributed by atoms with van der Waals surface area (Å²) >= 11 is 0. The Balaban J connectivity index is 1.74. The average Bonchev–Trinajstić information content (AvgIpc) is 3.27. The third-order valence-corrected chi connectivity index (χ3v) is 6.23. The van der Waals surface area contributed by atoms with Crippen molar-refractivity contribution in [3.63, 3.8) is 0 Å². The second-order valence-corrected chi connectivity index (χ2v) is 8.10. The number of benzene rings is 2. The van der Waals surface area contributed by atoms with Crippen molar-refractivity contribution < 1.29 is 9.18 Å². The lowest BCUT2D eigenvalue weighted by Crippen LogP contribution is -2.41. The first-order valence-electron chi connectivity index (χ1n) is 10.0. The zero-order valence-corrected chi connectivity index (χ0v) is 16.1. The maximum absolute atomic E-state index is 15.2. The molecule has 0 amide bonds. The first-order valence-corrected chi connectivity index (χ1v) is 10.0. The van der Waals surface area contributed by atoms with Crippen molar-refractivity contribution >= 4 is 27.6 Å². The van der Waals surface area contributed by atoms with Crippen molar-refractivity contribution in [1.82, 2.24) is 19.7 Å². The van der Waals surface area contributed by atoms with E-state index >= 15 is 4.39 Å². The molecule has 1 fully saturated rings. The fourth-order valence-corrected chi connectivity index (χ4v) is 4.89. The van der Waals surface area contributed by atoms with E-state index in [1.165, 1.54) is 0 Å². The number of carbonyl (C=O) groups is 1. The molecule has 3 aliphatic heterocycles. The zero-order chi connectivity index (χ0) is 19.7. The molecular formula is C22H20FN5O. The topological polar surface area (TPSA) is 56.0 Å². The highest BCUT2D eigenvalue weighted by molar-refractivity contribution is 6.00. The van der Waals surface area contributed by atoms with Crippen LogP contribution >= 0.6 is 0 Å². The van der Waals surface area contributed by atoms with Gasteiger partial charge >= 0.3 is 0 Å². The summed E-state index contributed by atoms with van der Waals surface area (Å²) in [7, 11) is 0. The van der Waals surface area contributed by atoms with E-state index in [-0.39, 0.29) is 24.1 Å². The van der Waals surface area contributed by atoms with Gasteiger partial charge in [0.2, 0.25) is 0 Å². The smallest absolute Gasteiger partial charge is 0.151 e. The average molecular weight is 389 g/mol. The van der Waals surface area contributed by atoms with Crippen LogP contribution in [-0.4, -0.2) is 38.5 Å². The monoisotopic (exact) mass is 389 g/mol. The van der Waals surface area contributed by atoms with Gasteiger partial charge in [0.15, 0.2) is 5.78 Å². The number of fused-ring (bicyclic) bond motifs is 2. The third-order valence-electron chi connectivity index (χ3n) is 6.23. The third kappa shape index (κ3) is 2.36. The predicted octanol–water partition coefficient (Wildman–Crippen LogP) is 3.61. The van der Waals surface area contributed by atoms with E-state index in [0.717, 1.165) is 59.0 Å². The number of hydrogen-bond acceptors (Lipinski definition) is 4. The van der Waals surface area contributed by atoms with Crippen LogP contribution in [0.1, 0.15) is 31.4 Å². The minimum absolute atomic E-state index is 0.0544. The van der Waals surface area contributed by atoms with E-state index in [0.29, 0.717) is 5.56 Å². The van der Waals surface area contributed by atoms with Crippen molar-refractivity contribution in [3.8, 4) is 11.1 Å². The van der Waals surface area contributed by atoms with Gasteiger partial charge in [0, 0.05) is 35.3 Å². The lowest BCUT2D eigenvalue weighted by molar-refractivity contribution is -0.117. The van der Waals surface area contributed by atoms with Gasteiger partial charge in [-0.05, 0) is 43.5 Å². The fourth-order valence-electron chi connectivity index (χ4n) is 4.89. The summed E-state index contributed by atoms with van der Waals surface area (Å²) in [5.74, 6) is 0.0592.